The van der Waals surface area contributed by atoms with Crippen LogP contribution in [0.5, 0.6) is 0 Å². The van der Waals surface area contributed by atoms with Gasteiger partial charge in [0, 0.05) is 30.8 Å². The molecule has 1 aliphatic rings. The largest absolute Gasteiger partial charge is 0.396 e. The minimum atomic E-state index is -0.0396. The van der Waals surface area contributed by atoms with Crippen molar-refractivity contribution < 1.29 is 9.90 Å². The maximum Gasteiger partial charge on any atom is 0.322 e. The number of nitrogens with zero attached hydrogens (tertiary/aromatic N) is 1. The van der Waals surface area contributed by atoms with Gasteiger partial charge < -0.3 is 10.4 Å². The fourth-order valence-corrected chi connectivity index (χ4v) is 2.57. The number of hydrogen-bond donors (Lipinski definition) is 2. The predicted octanol–water partition coefficient (Wildman–Crippen LogP) is 2.48. The third-order valence-corrected chi connectivity index (χ3v) is 3.63. The fourth-order valence-electron chi connectivity index (χ4n) is 2.57. The minimum absolute atomic E-state index is 0.0396. The van der Waals surface area contributed by atoms with Crippen LogP contribution in [0.1, 0.15) is 38.2 Å². The number of carbonyl (C=O) groups is 1. The number of anilines is 1. The number of aliphatic hydroxyl groups excluding tert-OH is 1. The second kappa shape index (κ2) is 6.06. The number of hydrogen-bond acceptors (Lipinski definition) is 2. The molecule has 0 radical (unpaired) electrons. The van der Waals surface area contributed by atoms with Crippen molar-refractivity contribution in [3.63, 3.8) is 0 Å². The van der Waals surface area contributed by atoms with Crippen LogP contribution in [-0.4, -0.2) is 30.3 Å². The van der Waals surface area contributed by atoms with Gasteiger partial charge in [0.15, 0.2) is 0 Å². The quantitative estimate of drug-likeness (QED) is 0.876. The number of benzene rings is 1. The number of nitrogens with one attached hydrogen (secondary N) is 1. The zero-order valence-corrected chi connectivity index (χ0v) is 11.6. The summed E-state index contributed by atoms with van der Waals surface area (Å²) in [4.78, 5) is 14.1. The molecule has 2 atom stereocenters. The van der Waals surface area contributed by atoms with Gasteiger partial charge in [-0.2, -0.15) is 0 Å². The molecule has 0 fully saturated rings. The highest BCUT2D eigenvalue weighted by atomic mass is 16.3. The molecule has 2 unspecified atom stereocenters. The molecule has 0 aliphatic carbocycles. The summed E-state index contributed by atoms with van der Waals surface area (Å²) in [7, 11) is 0. The van der Waals surface area contributed by atoms with E-state index in [4.69, 9.17) is 5.11 Å². The summed E-state index contributed by atoms with van der Waals surface area (Å²) in [5.41, 5.74) is 2.25. The molecule has 2 N–H and O–H groups in total. The smallest absolute Gasteiger partial charge is 0.322 e. The Labute approximate surface area is 114 Å². The Morgan fingerprint density at radius 1 is 1.53 bits per heavy atom. The highest BCUT2D eigenvalue weighted by Gasteiger charge is 2.29. The van der Waals surface area contributed by atoms with Crippen LogP contribution in [0.25, 0.3) is 0 Å². The van der Waals surface area contributed by atoms with Crippen LogP contribution in [0.4, 0.5) is 10.5 Å². The molecule has 1 aliphatic heterocycles. The molecule has 2 amide bonds. The Hall–Kier alpha value is -1.55. The van der Waals surface area contributed by atoms with Crippen LogP contribution in [0.2, 0.25) is 0 Å². The number of carbonyl (C=O) groups excluding carboxylic acids is 1. The summed E-state index contributed by atoms with van der Waals surface area (Å²) in [5.74, 6) is 0.384. The first-order valence-corrected chi connectivity index (χ1v) is 6.91. The van der Waals surface area contributed by atoms with Crippen LogP contribution < -0.4 is 10.2 Å². The van der Waals surface area contributed by atoms with Gasteiger partial charge in [0.2, 0.25) is 0 Å². The lowest BCUT2D eigenvalue weighted by atomic mass is 10.0. The summed E-state index contributed by atoms with van der Waals surface area (Å²) in [6, 6.07) is 8.11. The number of amides is 2. The van der Waals surface area contributed by atoms with Gasteiger partial charge >= 0.3 is 6.03 Å². The molecule has 0 aromatic heterocycles. The second-order valence-corrected chi connectivity index (χ2v) is 5.29. The normalized spacial score (nSPS) is 19.1. The zero-order chi connectivity index (χ0) is 13.8. The number of para-hydroxylation sites is 1. The van der Waals surface area contributed by atoms with Crippen molar-refractivity contribution in [2.45, 2.75) is 38.6 Å². The Kier molecular flexibility index (Phi) is 4.43. The van der Waals surface area contributed by atoms with Crippen molar-refractivity contribution in [1.29, 1.82) is 0 Å². The van der Waals surface area contributed by atoms with E-state index in [2.05, 4.69) is 18.3 Å². The summed E-state index contributed by atoms with van der Waals surface area (Å²) in [6.45, 7) is 5.02. The van der Waals surface area contributed by atoms with Crippen LogP contribution in [0, 0.1) is 0 Å². The van der Waals surface area contributed by atoms with Crippen molar-refractivity contribution in [2.75, 3.05) is 18.1 Å². The van der Waals surface area contributed by atoms with Crippen molar-refractivity contribution in [3.8, 4) is 0 Å². The number of aliphatic hydroxyl groups is 1. The van der Waals surface area contributed by atoms with Gasteiger partial charge in [0.1, 0.15) is 0 Å². The molecule has 2 rings (SSSR count). The number of fused-ring (bicyclic) bond motifs is 1. The first-order chi connectivity index (χ1) is 9.13. The van der Waals surface area contributed by atoms with E-state index in [1.807, 2.05) is 30.0 Å². The second-order valence-electron chi connectivity index (χ2n) is 5.29. The van der Waals surface area contributed by atoms with E-state index in [1.54, 1.807) is 0 Å². The van der Waals surface area contributed by atoms with E-state index in [1.165, 1.54) is 5.56 Å². The van der Waals surface area contributed by atoms with Crippen LogP contribution in [-0.2, 0) is 0 Å². The Bertz CT molecular complexity index is 448. The van der Waals surface area contributed by atoms with E-state index in [0.717, 1.165) is 18.7 Å². The summed E-state index contributed by atoms with van der Waals surface area (Å²) in [5, 5.41) is 11.8. The SMILES string of the molecule is CC(CCCO)NC(=O)N1CC(C)c2ccccc21. The standard InChI is InChI=1S/C15H22N2O2/c1-11-10-17(14-8-4-3-7-13(11)14)15(19)16-12(2)6-5-9-18/h3-4,7-8,11-12,18H,5-6,9-10H2,1-2H3,(H,16,19). The summed E-state index contributed by atoms with van der Waals surface area (Å²) >= 11 is 0. The van der Waals surface area contributed by atoms with E-state index < -0.39 is 0 Å². The van der Waals surface area contributed by atoms with Gasteiger partial charge in [0.25, 0.3) is 0 Å². The molecule has 0 saturated carbocycles. The molecule has 1 aromatic carbocycles. The lowest BCUT2D eigenvalue weighted by molar-refractivity contribution is 0.239. The van der Waals surface area contributed by atoms with Crippen molar-refractivity contribution in [3.05, 3.63) is 29.8 Å². The third-order valence-electron chi connectivity index (χ3n) is 3.63. The van der Waals surface area contributed by atoms with Crippen LogP contribution >= 0.6 is 0 Å². The van der Waals surface area contributed by atoms with E-state index in [-0.39, 0.29) is 18.7 Å². The average molecular weight is 262 g/mol. The fraction of sp³-hybridized carbons (Fsp3) is 0.533. The average Bonchev–Trinajstić information content (AvgIpc) is 2.74. The third kappa shape index (κ3) is 3.07. The highest BCUT2D eigenvalue weighted by Crippen LogP contribution is 2.35. The molecule has 0 spiro atoms. The maximum absolute atomic E-state index is 12.3. The van der Waals surface area contributed by atoms with E-state index >= 15 is 0 Å². The van der Waals surface area contributed by atoms with Crippen molar-refractivity contribution in [2.24, 2.45) is 0 Å². The first kappa shape index (κ1) is 13.9. The van der Waals surface area contributed by atoms with Crippen molar-refractivity contribution >= 4 is 11.7 Å². The topological polar surface area (TPSA) is 52.6 Å². The summed E-state index contributed by atoms with van der Waals surface area (Å²) in [6.07, 6.45) is 1.52. The molecule has 4 nitrogen and oxygen atoms in total. The number of rotatable bonds is 4. The monoisotopic (exact) mass is 262 g/mol. The summed E-state index contributed by atoms with van der Waals surface area (Å²) < 4.78 is 0. The predicted molar refractivity (Wildman–Crippen MR) is 76.5 cm³/mol. The van der Waals surface area contributed by atoms with Gasteiger partial charge in [-0.1, -0.05) is 25.1 Å². The molecule has 4 heteroatoms. The molecule has 19 heavy (non-hydrogen) atoms. The van der Waals surface area contributed by atoms with Crippen LogP contribution in [0.15, 0.2) is 24.3 Å². The van der Waals surface area contributed by atoms with E-state index in [9.17, 15) is 4.79 Å². The van der Waals surface area contributed by atoms with Gasteiger partial charge in [0.05, 0.1) is 0 Å². The number of urea groups is 1. The van der Waals surface area contributed by atoms with Gasteiger partial charge in [-0.25, -0.2) is 4.79 Å². The molecule has 1 aromatic rings. The molecule has 0 bridgehead atoms. The van der Waals surface area contributed by atoms with E-state index in [0.29, 0.717) is 12.3 Å². The Morgan fingerprint density at radius 2 is 2.26 bits per heavy atom. The lowest BCUT2D eigenvalue weighted by Crippen LogP contribution is -2.43. The highest BCUT2D eigenvalue weighted by molar-refractivity contribution is 5.94. The maximum atomic E-state index is 12.3. The molecule has 104 valence electrons. The molecular formula is C15H22N2O2. The molecular weight excluding hydrogens is 240 g/mol. The van der Waals surface area contributed by atoms with Crippen molar-refractivity contribution in [1.82, 2.24) is 5.32 Å². The lowest BCUT2D eigenvalue weighted by Gasteiger charge is -2.21. The Balaban J connectivity index is 2.01. The molecule has 1 heterocycles. The van der Waals surface area contributed by atoms with Gasteiger partial charge in [-0.05, 0) is 31.4 Å². The minimum Gasteiger partial charge on any atom is -0.396 e. The zero-order valence-electron chi connectivity index (χ0n) is 11.6. The van der Waals surface area contributed by atoms with Gasteiger partial charge in [-0.15, -0.1) is 0 Å². The van der Waals surface area contributed by atoms with Crippen LogP contribution in [0.3, 0.4) is 0 Å². The van der Waals surface area contributed by atoms with Gasteiger partial charge in [-0.3, -0.25) is 4.90 Å². The molecule has 0 saturated heterocycles. The first-order valence-electron chi connectivity index (χ1n) is 6.91. The Morgan fingerprint density at radius 3 is 3.00 bits per heavy atom.